The van der Waals surface area contributed by atoms with E-state index >= 15 is 0 Å². The van der Waals surface area contributed by atoms with Crippen molar-refractivity contribution in [3.63, 3.8) is 0 Å². The number of fused-ring (bicyclic) bond motifs is 6. The van der Waals surface area contributed by atoms with Crippen molar-refractivity contribution in [3.05, 3.63) is 46.5 Å². The molecule has 0 aromatic heterocycles. The Labute approximate surface area is 143 Å². The average molecular weight is 337 g/mol. The summed E-state index contributed by atoms with van der Waals surface area (Å²) in [5.74, 6) is 0.0481. The maximum Gasteiger partial charge on any atom is 0.332 e. The fraction of sp³-hybridized carbons (Fsp3) is 0.333. The Bertz CT molecular complexity index is 928. The predicted octanol–water partition coefficient (Wildman–Crippen LogP) is 3.07. The molecule has 3 aliphatic rings. The molecule has 7 nitrogen and oxygen atoms in total. The molecule has 3 fully saturated rings. The number of amides is 3. The summed E-state index contributed by atoms with van der Waals surface area (Å²) < 4.78 is 0. The number of non-ortho nitro benzene ring substituents is 1. The van der Waals surface area contributed by atoms with Gasteiger partial charge in [0.05, 0.1) is 16.0 Å². The SMILES string of the molecule is O=C1[C@@H]2[C@@H]3CC[C@@H](C3)N2C(=O)N1c1ccc([N+](=O)[O-])c2ccccc12. The third-order valence-electron chi connectivity index (χ3n) is 5.79. The molecular formula is C18H15N3O4. The minimum atomic E-state index is -0.446. The third-order valence-corrected chi connectivity index (χ3v) is 5.79. The van der Waals surface area contributed by atoms with Crippen molar-refractivity contribution in [1.29, 1.82) is 0 Å². The number of nitrogens with zero attached hydrogens (tertiary/aromatic N) is 3. The van der Waals surface area contributed by atoms with E-state index in [4.69, 9.17) is 0 Å². The average Bonchev–Trinajstić information content (AvgIpc) is 3.28. The lowest BCUT2D eigenvalue weighted by molar-refractivity contribution is -0.383. The van der Waals surface area contributed by atoms with Crippen LogP contribution in [0.15, 0.2) is 36.4 Å². The van der Waals surface area contributed by atoms with Gasteiger partial charge in [0.1, 0.15) is 6.04 Å². The van der Waals surface area contributed by atoms with Gasteiger partial charge in [-0.2, -0.15) is 0 Å². The molecule has 25 heavy (non-hydrogen) atoms. The van der Waals surface area contributed by atoms with E-state index in [9.17, 15) is 19.7 Å². The van der Waals surface area contributed by atoms with E-state index in [0.717, 1.165) is 19.3 Å². The maximum absolute atomic E-state index is 13.0. The number of nitro groups is 1. The Morgan fingerprint density at radius 1 is 1.04 bits per heavy atom. The zero-order valence-corrected chi connectivity index (χ0v) is 13.3. The van der Waals surface area contributed by atoms with Gasteiger partial charge in [-0.3, -0.25) is 14.9 Å². The van der Waals surface area contributed by atoms with E-state index in [1.807, 2.05) is 0 Å². The van der Waals surface area contributed by atoms with Gasteiger partial charge in [-0.15, -0.1) is 0 Å². The Morgan fingerprint density at radius 3 is 2.52 bits per heavy atom. The molecule has 7 heteroatoms. The lowest BCUT2D eigenvalue weighted by Crippen LogP contribution is -2.40. The number of benzene rings is 2. The van der Waals surface area contributed by atoms with Gasteiger partial charge in [-0.25, -0.2) is 9.69 Å². The highest BCUT2D eigenvalue weighted by molar-refractivity contribution is 6.25. The number of carbonyl (C=O) groups is 2. The van der Waals surface area contributed by atoms with Crippen LogP contribution in [0.1, 0.15) is 19.3 Å². The summed E-state index contributed by atoms with van der Waals surface area (Å²) in [6.45, 7) is 0. The zero-order valence-electron chi connectivity index (χ0n) is 13.3. The first kappa shape index (κ1) is 14.4. The molecule has 0 spiro atoms. The summed E-state index contributed by atoms with van der Waals surface area (Å²) in [5, 5.41) is 12.3. The van der Waals surface area contributed by atoms with Crippen molar-refractivity contribution in [1.82, 2.24) is 4.90 Å². The summed E-state index contributed by atoms with van der Waals surface area (Å²) in [6.07, 6.45) is 2.85. The Hall–Kier alpha value is -2.96. The van der Waals surface area contributed by atoms with Gasteiger partial charge in [0.15, 0.2) is 0 Å². The Morgan fingerprint density at radius 2 is 1.80 bits per heavy atom. The highest BCUT2D eigenvalue weighted by Crippen LogP contribution is 2.48. The van der Waals surface area contributed by atoms with Crippen LogP contribution in [-0.4, -0.2) is 33.8 Å². The number of anilines is 1. The molecule has 1 aliphatic carbocycles. The van der Waals surface area contributed by atoms with Crippen LogP contribution in [0.3, 0.4) is 0 Å². The molecule has 5 rings (SSSR count). The predicted molar refractivity (Wildman–Crippen MR) is 90.2 cm³/mol. The van der Waals surface area contributed by atoms with Crippen molar-refractivity contribution in [2.24, 2.45) is 5.92 Å². The normalized spacial score (nSPS) is 27.4. The molecule has 1 saturated carbocycles. The summed E-state index contributed by atoms with van der Waals surface area (Å²) in [4.78, 5) is 39.7. The van der Waals surface area contributed by atoms with E-state index in [0.29, 0.717) is 16.5 Å². The van der Waals surface area contributed by atoms with Gasteiger partial charge in [-0.1, -0.05) is 18.2 Å². The molecule has 3 atom stereocenters. The van der Waals surface area contributed by atoms with Crippen LogP contribution in [-0.2, 0) is 4.79 Å². The van der Waals surface area contributed by atoms with E-state index in [1.54, 1.807) is 29.2 Å². The molecule has 3 amide bonds. The fourth-order valence-electron chi connectivity index (χ4n) is 4.77. The monoisotopic (exact) mass is 337 g/mol. The molecule has 2 aliphatic heterocycles. The largest absolute Gasteiger partial charge is 0.332 e. The molecule has 2 aromatic rings. The molecule has 2 aromatic carbocycles. The van der Waals surface area contributed by atoms with Crippen LogP contribution < -0.4 is 4.90 Å². The van der Waals surface area contributed by atoms with E-state index in [1.165, 1.54) is 17.0 Å². The second-order valence-electron chi connectivity index (χ2n) is 6.94. The van der Waals surface area contributed by atoms with Gasteiger partial charge in [0.25, 0.3) is 11.6 Å². The summed E-state index contributed by atoms with van der Waals surface area (Å²) in [6, 6.07) is 9.22. The number of carbonyl (C=O) groups excluding carboxylic acids is 2. The molecule has 2 saturated heterocycles. The van der Waals surface area contributed by atoms with Crippen LogP contribution in [0.5, 0.6) is 0 Å². The first-order chi connectivity index (χ1) is 12.1. The lowest BCUT2D eigenvalue weighted by atomic mass is 9.99. The van der Waals surface area contributed by atoms with Crippen molar-refractivity contribution in [2.45, 2.75) is 31.3 Å². The molecule has 0 radical (unpaired) electrons. The number of nitro benzene ring substituents is 1. The second-order valence-corrected chi connectivity index (χ2v) is 6.94. The number of urea groups is 1. The number of piperidine rings is 1. The smallest absolute Gasteiger partial charge is 0.309 e. The quantitative estimate of drug-likeness (QED) is 0.479. The van der Waals surface area contributed by atoms with E-state index in [2.05, 4.69) is 0 Å². The van der Waals surface area contributed by atoms with Gasteiger partial charge in [-0.05, 0) is 37.3 Å². The first-order valence-electron chi connectivity index (χ1n) is 8.40. The highest BCUT2D eigenvalue weighted by atomic mass is 16.6. The molecule has 126 valence electrons. The van der Waals surface area contributed by atoms with Crippen molar-refractivity contribution >= 4 is 34.1 Å². The summed E-state index contributed by atoms with van der Waals surface area (Å²) >= 11 is 0. The number of hydrogen-bond donors (Lipinski definition) is 0. The Balaban J connectivity index is 1.67. The highest BCUT2D eigenvalue weighted by Gasteiger charge is 2.59. The van der Waals surface area contributed by atoms with Crippen LogP contribution in [0, 0.1) is 16.0 Å². The van der Waals surface area contributed by atoms with Gasteiger partial charge < -0.3 is 4.90 Å². The van der Waals surface area contributed by atoms with Gasteiger partial charge in [0, 0.05) is 17.5 Å². The lowest BCUT2D eigenvalue weighted by Gasteiger charge is -2.25. The molecule has 0 unspecified atom stereocenters. The number of rotatable bonds is 2. The number of hydrogen-bond acceptors (Lipinski definition) is 4. The Kier molecular flexibility index (Phi) is 2.75. The zero-order chi connectivity index (χ0) is 17.3. The second kappa shape index (κ2) is 4.78. The minimum absolute atomic E-state index is 0.0287. The fourth-order valence-corrected chi connectivity index (χ4v) is 4.77. The van der Waals surface area contributed by atoms with E-state index < -0.39 is 4.92 Å². The van der Waals surface area contributed by atoms with Crippen LogP contribution in [0.25, 0.3) is 10.8 Å². The maximum atomic E-state index is 13.0. The van der Waals surface area contributed by atoms with Crippen molar-refractivity contribution in [3.8, 4) is 0 Å². The van der Waals surface area contributed by atoms with Crippen LogP contribution >= 0.6 is 0 Å². The van der Waals surface area contributed by atoms with Gasteiger partial charge >= 0.3 is 6.03 Å². The minimum Gasteiger partial charge on any atom is -0.309 e. The molecule has 2 heterocycles. The molecule has 2 bridgehead atoms. The summed E-state index contributed by atoms with van der Waals surface area (Å²) in [5.41, 5.74) is 0.406. The van der Waals surface area contributed by atoms with Gasteiger partial charge in [0.2, 0.25) is 0 Å². The summed E-state index contributed by atoms with van der Waals surface area (Å²) in [7, 11) is 0. The number of imide groups is 1. The van der Waals surface area contributed by atoms with Crippen molar-refractivity contribution in [2.75, 3.05) is 4.90 Å². The van der Waals surface area contributed by atoms with Crippen LogP contribution in [0.4, 0.5) is 16.2 Å². The molecular weight excluding hydrogens is 322 g/mol. The standard InChI is InChI=1S/C18H15N3O4/c22-17-16-10-5-6-11(9-10)19(16)18(23)20(17)14-7-8-15(21(24)25)13-4-2-1-3-12(13)14/h1-4,7-8,10-11,16H,5-6,9H2/t10-,11+,16+/m1/s1. The van der Waals surface area contributed by atoms with Crippen LogP contribution in [0.2, 0.25) is 0 Å². The van der Waals surface area contributed by atoms with E-state index in [-0.39, 0.29) is 35.6 Å². The first-order valence-corrected chi connectivity index (χ1v) is 8.40. The topological polar surface area (TPSA) is 83.8 Å². The van der Waals surface area contributed by atoms with Crippen molar-refractivity contribution < 1.29 is 14.5 Å². The molecule has 0 N–H and O–H groups in total. The third kappa shape index (κ3) is 1.75.